The maximum absolute atomic E-state index is 13.4. The number of benzene rings is 1. The van der Waals surface area contributed by atoms with Gasteiger partial charge in [-0.3, -0.25) is 0 Å². The van der Waals surface area contributed by atoms with Crippen molar-refractivity contribution in [2.75, 3.05) is 6.61 Å². The molecular weight excluding hydrogens is 211 g/mol. The Labute approximate surface area is 93.9 Å². The molecule has 4 heteroatoms. The normalized spacial score (nSPS) is 12.2. The van der Waals surface area contributed by atoms with E-state index < -0.39 is 17.9 Å². The van der Waals surface area contributed by atoms with Gasteiger partial charge >= 0.3 is 5.97 Å². The summed E-state index contributed by atoms with van der Waals surface area (Å²) in [5, 5.41) is 9.61. The standard InChI is InChI=1S/C12H15FO3/c1-3-8-5-6-10(13)9(7-8)11(14)12(15)16-4-2/h5-7,11,14H,3-4H2,1-2H3. The van der Waals surface area contributed by atoms with Crippen LogP contribution >= 0.6 is 0 Å². The van der Waals surface area contributed by atoms with Gasteiger partial charge in [-0.1, -0.05) is 13.0 Å². The van der Waals surface area contributed by atoms with Crippen LogP contribution in [0.15, 0.2) is 18.2 Å². The van der Waals surface area contributed by atoms with Gasteiger partial charge in [-0.15, -0.1) is 0 Å². The Morgan fingerprint density at radius 1 is 1.50 bits per heavy atom. The van der Waals surface area contributed by atoms with Gasteiger partial charge in [0.15, 0.2) is 6.10 Å². The van der Waals surface area contributed by atoms with E-state index in [2.05, 4.69) is 4.74 Å². The van der Waals surface area contributed by atoms with Crippen LogP contribution in [0.1, 0.15) is 31.1 Å². The molecule has 3 nitrogen and oxygen atoms in total. The molecule has 0 saturated carbocycles. The predicted molar refractivity (Wildman–Crippen MR) is 57.4 cm³/mol. The molecule has 1 atom stereocenters. The highest BCUT2D eigenvalue weighted by Crippen LogP contribution is 2.20. The third kappa shape index (κ3) is 2.79. The Balaban J connectivity index is 2.97. The summed E-state index contributed by atoms with van der Waals surface area (Å²) in [7, 11) is 0. The van der Waals surface area contributed by atoms with Crippen LogP contribution in [0.5, 0.6) is 0 Å². The van der Waals surface area contributed by atoms with Crippen LogP contribution in [-0.2, 0) is 16.0 Å². The Kier molecular flexibility index (Phi) is 4.43. The molecule has 0 radical (unpaired) electrons. The molecule has 1 unspecified atom stereocenters. The first-order valence-electron chi connectivity index (χ1n) is 5.23. The molecule has 16 heavy (non-hydrogen) atoms. The van der Waals surface area contributed by atoms with Gasteiger partial charge in [0, 0.05) is 5.56 Å². The highest BCUT2D eigenvalue weighted by Gasteiger charge is 2.22. The molecular formula is C12H15FO3. The minimum absolute atomic E-state index is 0.0298. The van der Waals surface area contributed by atoms with Crippen LogP contribution < -0.4 is 0 Å². The first-order valence-corrected chi connectivity index (χ1v) is 5.23. The van der Waals surface area contributed by atoms with Crippen molar-refractivity contribution in [1.82, 2.24) is 0 Å². The van der Waals surface area contributed by atoms with E-state index in [1.54, 1.807) is 13.0 Å². The molecule has 0 bridgehead atoms. The fourth-order valence-electron chi connectivity index (χ4n) is 1.37. The summed E-state index contributed by atoms with van der Waals surface area (Å²) in [4.78, 5) is 11.3. The zero-order valence-electron chi connectivity index (χ0n) is 9.37. The summed E-state index contributed by atoms with van der Waals surface area (Å²) in [6.07, 6.45) is -0.838. The Bertz CT molecular complexity index is 377. The summed E-state index contributed by atoms with van der Waals surface area (Å²) < 4.78 is 18.0. The summed E-state index contributed by atoms with van der Waals surface area (Å²) in [6.45, 7) is 3.70. The minimum Gasteiger partial charge on any atom is -0.464 e. The molecule has 0 fully saturated rings. The zero-order chi connectivity index (χ0) is 12.1. The minimum atomic E-state index is -1.55. The van der Waals surface area contributed by atoms with E-state index >= 15 is 0 Å². The number of aliphatic hydroxyl groups excluding tert-OH is 1. The number of aryl methyl sites for hydroxylation is 1. The molecule has 0 aliphatic rings. The van der Waals surface area contributed by atoms with Crippen LogP contribution in [0.2, 0.25) is 0 Å². The third-order valence-corrected chi connectivity index (χ3v) is 2.27. The second-order valence-corrected chi connectivity index (χ2v) is 3.36. The van der Waals surface area contributed by atoms with Gasteiger partial charge in [0.2, 0.25) is 0 Å². The van der Waals surface area contributed by atoms with Crippen molar-refractivity contribution in [1.29, 1.82) is 0 Å². The topological polar surface area (TPSA) is 46.5 Å². The number of hydrogen-bond donors (Lipinski definition) is 1. The molecule has 1 N–H and O–H groups in total. The fraction of sp³-hybridized carbons (Fsp3) is 0.417. The molecule has 0 aromatic heterocycles. The summed E-state index contributed by atoms with van der Waals surface area (Å²) in [5.41, 5.74) is 0.831. The summed E-state index contributed by atoms with van der Waals surface area (Å²) in [6, 6.07) is 4.35. The van der Waals surface area contributed by atoms with Gasteiger partial charge in [0.1, 0.15) is 5.82 Å². The number of carbonyl (C=O) groups excluding carboxylic acids is 1. The number of hydrogen-bond acceptors (Lipinski definition) is 3. The van der Waals surface area contributed by atoms with Crippen molar-refractivity contribution < 1.29 is 19.0 Å². The number of esters is 1. The quantitative estimate of drug-likeness (QED) is 0.798. The number of rotatable bonds is 4. The van der Waals surface area contributed by atoms with Gasteiger partial charge in [-0.2, -0.15) is 0 Å². The van der Waals surface area contributed by atoms with E-state index in [1.165, 1.54) is 12.1 Å². The molecule has 0 saturated heterocycles. The number of aliphatic hydroxyl groups is 1. The molecule has 0 aliphatic heterocycles. The highest BCUT2D eigenvalue weighted by atomic mass is 19.1. The lowest BCUT2D eigenvalue weighted by Gasteiger charge is -2.11. The molecule has 0 amide bonds. The van der Waals surface area contributed by atoms with Crippen molar-refractivity contribution in [3.63, 3.8) is 0 Å². The van der Waals surface area contributed by atoms with Crippen molar-refractivity contribution >= 4 is 5.97 Å². The third-order valence-electron chi connectivity index (χ3n) is 2.27. The summed E-state index contributed by atoms with van der Waals surface area (Å²) >= 11 is 0. The highest BCUT2D eigenvalue weighted by molar-refractivity contribution is 5.76. The van der Waals surface area contributed by atoms with Crippen LogP contribution in [0.25, 0.3) is 0 Å². The lowest BCUT2D eigenvalue weighted by atomic mass is 10.0. The number of ether oxygens (including phenoxy) is 1. The number of halogens is 1. The smallest absolute Gasteiger partial charge is 0.339 e. The largest absolute Gasteiger partial charge is 0.464 e. The Morgan fingerprint density at radius 2 is 2.19 bits per heavy atom. The zero-order valence-corrected chi connectivity index (χ0v) is 9.37. The van der Waals surface area contributed by atoms with E-state index in [1.807, 2.05) is 6.92 Å². The van der Waals surface area contributed by atoms with E-state index in [4.69, 9.17) is 0 Å². The second kappa shape index (κ2) is 5.61. The SMILES string of the molecule is CCOC(=O)C(O)c1cc(CC)ccc1F. The molecule has 0 heterocycles. The second-order valence-electron chi connectivity index (χ2n) is 3.36. The van der Waals surface area contributed by atoms with Crippen molar-refractivity contribution in [2.24, 2.45) is 0 Å². The maximum atomic E-state index is 13.4. The van der Waals surface area contributed by atoms with Crippen LogP contribution in [0, 0.1) is 5.82 Å². The Hall–Kier alpha value is -1.42. The van der Waals surface area contributed by atoms with Gasteiger partial charge in [0.25, 0.3) is 0 Å². The first kappa shape index (κ1) is 12.6. The van der Waals surface area contributed by atoms with Crippen molar-refractivity contribution in [3.8, 4) is 0 Å². The van der Waals surface area contributed by atoms with Crippen LogP contribution in [-0.4, -0.2) is 17.7 Å². The average Bonchev–Trinajstić information content (AvgIpc) is 2.29. The molecule has 1 aromatic rings. The lowest BCUT2D eigenvalue weighted by molar-refractivity contribution is -0.153. The fourth-order valence-corrected chi connectivity index (χ4v) is 1.37. The van der Waals surface area contributed by atoms with E-state index in [0.29, 0.717) is 6.42 Å². The van der Waals surface area contributed by atoms with Gasteiger partial charge in [-0.05, 0) is 31.0 Å². The molecule has 0 aliphatic carbocycles. The molecule has 0 spiro atoms. The average molecular weight is 226 g/mol. The van der Waals surface area contributed by atoms with Crippen LogP contribution in [0.4, 0.5) is 4.39 Å². The first-order chi connectivity index (χ1) is 7.60. The van der Waals surface area contributed by atoms with Gasteiger partial charge in [-0.25, -0.2) is 9.18 Å². The monoisotopic (exact) mass is 226 g/mol. The molecule has 1 aromatic carbocycles. The molecule has 88 valence electrons. The summed E-state index contributed by atoms with van der Waals surface area (Å²) in [5.74, 6) is -1.42. The predicted octanol–water partition coefficient (Wildman–Crippen LogP) is 1.98. The van der Waals surface area contributed by atoms with Gasteiger partial charge in [0.05, 0.1) is 6.61 Å². The maximum Gasteiger partial charge on any atom is 0.339 e. The van der Waals surface area contributed by atoms with Crippen LogP contribution in [0.3, 0.4) is 0 Å². The lowest BCUT2D eigenvalue weighted by Crippen LogP contribution is -2.16. The van der Waals surface area contributed by atoms with Crippen molar-refractivity contribution in [2.45, 2.75) is 26.4 Å². The van der Waals surface area contributed by atoms with Crippen molar-refractivity contribution in [3.05, 3.63) is 35.1 Å². The number of carbonyl (C=O) groups is 1. The molecule has 1 rings (SSSR count). The van der Waals surface area contributed by atoms with Gasteiger partial charge < -0.3 is 9.84 Å². The van der Waals surface area contributed by atoms with E-state index in [-0.39, 0.29) is 12.2 Å². The van der Waals surface area contributed by atoms with E-state index in [0.717, 1.165) is 5.56 Å². The Morgan fingerprint density at radius 3 is 2.75 bits per heavy atom. The van der Waals surface area contributed by atoms with E-state index in [9.17, 15) is 14.3 Å².